The van der Waals surface area contributed by atoms with E-state index in [1.165, 1.54) is 19.4 Å². The summed E-state index contributed by atoms with van der Waals surface area (Å²) in [5.41, 5.74) is 2.47. The van der Waals surface area contributed by atoms with Gasteiger partial charge in [-0.15, -0.1) is 0 Å². The molecule has 0 unspecified atom stereocenters. The number of amides is 2. The number of nitrogen functional groups attached to an aromatic ring is 1. The van der Waals surface area contributed by atoms with Crippen molar-refractivity contribution in [2.24, 2.45) is 5.84 Å². The molecule has 5 N–H and O–H groups in total. The number of aromatic nitrogens is 2. The predicted octanol–water partition coefficient (Wildman–Crippen LogP) is -1.37. The topological polar surface area (TPSA) is 122 Å². The lowest BCUT2D eigenvalue weighted by molar-refractivity contribution is -0.120. The van der Waals surface area contributed by atoms with Crippen molar-refractivity contribution in [3.8, 4) is 0 Å². The van der Waals surface area contributed by atoms with Crippen LogP contribution in [0.1, 0.15) is 16.9 Å². The average Bonchev–Trinajstić information content (AvgIpc) is 2.38. The summed E-state index contributed by atoms with van der Waals surface area (Å²) in [7, 11) is 1.54. The molecule has 0 aliphatic heterocycles. The van der Waals surface area contributed by atoms with Gasteiger partial charge in [0.05, 0.1) is 12.4 Å². The van der Waals surface area contributed by atoms with Gasteiger partial charge in [0.1, 0.15) is 5.69 Å². The zero-order valence-electron chi connectivity index (χ0n) is 9.36. The van der Waals surface area contributed by atoms with Gasteiger partial charge in [-0.25, -0.2) is 15.8 Å². The Kier molecular flexibility index (Phi) is 4.82. The van der Waals surface area contributed by atoms with Gasteiger partial charge in [0.15, 0.2) is 5.82 Å². The lowest BCUT2D eigenvalue weighted by Gasteiger charge is -2.04. The Bertz CT molecular complexity index is 391. The predicted molar refractivity (Wildman–Crippen MR) is 60.9 cm³/mol. The largest absolute Gasteiger partial charge is 0.359 e. The van der Waals surface area contributed by atoms with Crippen LogP contribution < -0.4 is 21.9 Å². The molecule has 0 radical (unpaired) electrons. The number of hydrogen-bond donors (Lipinski definition) is 4. The minimum Gasteiger partial charge on any atom is -0.359 e. The molecule has 0 aliphatic carbocycles. The summed E-state index contributed by atoms with van der Waals surface area (Å²) in [6, 6.07) is 0. The third-order valence-electron chi connectivity index (χ3n) is 1.95. The summed E-state index contributed by atoms with van der Waals surface area (Å²) in [6.45, 7) is 0.247. The Hall–Kier alpha value is -2.22. The fourth-order valence-corrected chi connectivity index (χ4v) is 1.02. The fourth-order valence-electron chi connectivity index (χ4n) is 1.02. The van der Waals surface area contributed by atoms with Gasteiger partial charge in [-0.2, -0.15) is 0 Å². The van der Waals surface area contributed by atoms with E-state index in [0.29, 0.717) is 5.82 Å². The van der Waals surface area contributed by atoms with Crippen molar-refractivity contribution in [2.45, 2.75) is 6.42 Å². The third-order valence-corrected chi connectivity index (χ3v) is 1.95. The first-order valence-corrected chi connectivity index (χ1v) is 4.94. The lowest BCUT2D eigenvalue weighted by Crippen LogP contribution is -2.29. The number of anilines is 1. The lowest BCUT2D eigenvalue weighted by atomic mass is 10.3. The van der Waals surface area contributed by atoms with Gasteiger partial charge in [0.25, 0.3) is 5.91 Å². The van der Waals surface area contributed by atoms with Gasteiger partial charge in [-0.05, 0) is 0 Å². The Morgan fingerprint density at radius 3 is 2.65 bits per heavy atom. The zero-order valence-corrected chi connectivity index (χ0v) is 9.36. The maximum Gasteiger partial charge on any atom is 0.271 e. The molecule has 2 amide bonds. The smallest absolute Gasteiger partial charge is 0.271 e. The molecule has 92 valence electrons. The van der Waals surface area contributed by atoms with E-state index in [1.54, 1.807) is 0 Å². The number of nitrogens with two attached hydrogens (primary N) is 1. The van der Waals surface area contributed by atoms with Crippen LogP contribution >= 0.6 is 0 Å². The maximum absolute atomic E-state index is 11.5. The highest BCUT2D eigenvalue weighted by molar-refractivity contribution is 5.92. The molecule has 0 spiro atoms. The van der Waals surface area contributed by atoms with Crippen molar-refractivity contribution in [1.29, 1.82) is 0 Å². The Balaban J connectivity index is 2.44. The second-order valence-corrected chi connectivity index (χ2v) is 3.11. The molecule has 0 saturated carbocycles. The van der Waals surface area contributed by atoms with Crippen molar-refractivity contribution >= 4 is 17.6 Å². The molecule has 0 atom stereocenters. The molecule has 1 heterocycles. The van der Waals surface area contributed by atoms with Gasteiger partial charge in [-0.3, -0.25) is 9.59 Å². The maximum atomic E-state index is 11.5. The highest BCUT2D eigenvalue weighted by Gasteiger charge is 2.07. The van der Waals surface area contributed by atoms with Crippen molar-refractivity contribution in [1.82, 2.24) is 20.6 Å². The van der Waals surface area contributed by atoms with E-state index >= 15 is 0 Å². The SMILES string of the molecule is CNC(=O)CCNC(=O)c1cnc(NN)cn1. The second-order valence-electron chi connectivity index (χ2n) is 3.11. The van der Waals surface area contributed by atoms with Crippen LogP contribution in [0.2, 0.25) is 0 Å². The fraction of sp³-hybridized carbons (Fsp3) is 0.333. The number of carbonyl (C=O) groups is 2. The van der Waals surface area contributed by atoms with E-state index in [0.717, 1.165) is 0 Å². The summed E-state index contributed by atoms with van der Waals surface area (Å²) in [5.74, 6) is 4.95. The van der Waals surface area contributed by atoms with Crippen LogP contribution in [0.5, 0.6) is 0 Å². The van der Waals surface area contributed by atoms with Crippen LogP contribution in [0.3, 0.4) is 0 Å². The average molecular weight is 238 g/mol. The van der Waals surface area contributed by atoms with Crippen LogP contribution in [0, 0.1) is 0 Å². The van der Waals surface area contributed by atoms with Gasteiger partial charge in [-0.1, -0.05) is 0 Å². The number of carbonyl (C=O) groups excluding carboxylic acids is 2. The van der Waals surface area contributed by atoms with Crippen molar-refractivity contribution in [2.75, 3.05) is 19.0 Å². The molecule has 0 aromatic carbocycles. The van der Waals surface area contributed by atoms with Crippen LogP contribution in [0.25, 0.3) is 0 Å². The Morgan fingerprint density at radius 2 is 2.12 bits per heavy atom. The zero-order chi connectivity index (χ0) is 12.7. The van der Waals surface area contributed by atoms with E-state index in [4.69, 9.17) is 5.84 Å². The summed E-state index contributed by atoms with van der Waals surface area (Å²) >= 11 is 0. The van der Waals surface area contributed by atoms with Crippen LogP contribution in [0.15, 0.2) is 12.4 Å². The molecule has 0 saturated heterocycles. The minimum atomic E-state index is -0.384. The van der Waals surface area contributed by atoms with Gasteiger partial charge >= 0.3 is 0 Å². The van der Waals surface area contributed by atoms with Crippen LogP contribution in [-0.4, -0.2) is 35.4 Å². The minimum absolute atomic E-state index is 0.140. The summed E-state index contributed by atoms with van der Waals surface area (Å²) in [4.78, 5) is 30.1. The molecule has 17 heavy (non-hydrogen) atoms. The highest BCUT2D eigenvalue weighted by atomic mass is 16.2. The van der Waals surface area contributed by atoms with E-state index in [9.17, 15) is 9.59 Å². The number of hydrazine groups is 1. The summed E-state index contributed by atoms with van der Waals surface area (Å²) < 4.78 is 0. The number of nitrogens with zero attached hydrogens (tertiary/aromatic N) is 2. The highest BCUT2D eigenvalue weighted by Crippen LogP contribution is 1.98. The molecule has 0 aliphatic rings. The Labute approximate surface area is 98.0 Å². The van der Waals surface area contributed by atoms with E-state index in [-0.39, 0.29) is 30.5 Å². The molecular weight excluding hydrogens is 224 g/mol. The number of rotatable bonds is 5. The van der Waals surface area contributed by atoms with Gasteiger partial charge < -0.3 is 16.1 Å². The third kappa shape index (κ3) is 4.03. The number of hydrogen-bond acceptors (Lipinski definition) is 6. The number of nitrogens with one attached hydrogen (secondary N) is 3. The first kappa shape index (κ1) is 12.8. The van der Waals surface area contributed by atoms with E-state index < -0.39 is 0 Å². The van der Waals surface area contributed by atoms with Crippen molar-refractivity contribution < 1.29 is 9.59 Å². The first-order chi connectivity index (χ1) is 8.17. The van der Waals surface area contributed by atoms with Crippen molar-refractivity contribution in [3.05, 3.63) is 18.1 Å². The molecule has 0 bridgehead atoms. The normalized spacial score (nSPS) is 9.53. The van der Waals surface area contributed by atoms with Crippen LogP contribution in [-0.2, 0) is 4.79 Å². The van der Waals surface area contributed by atoms with Crippen molar-refractivity contribution in [3.63, 3.8) is 0 Å². The van der Waals surface area contributed by atoms with E-state index in [1.807, 2.05) is 0 Å². The molecular formula is C9H14N6O2. The standard InChI is InChI=1S/C9H14N6O2/c1-11-8(16)2-3-12-9(17)6-4-14-7(15-10)5-13-6/h4-5H,2-3,10H2,1H3,(H,11,16)(H,12,17)(H,14,15). The molecule has 0 fully saturated rings. The van der Waals surface area contributed by atoms with E-state index in [2.05, 4.69) is 26.0 Å². The molecule has 1 rings (SSSR count). The molecule has 1 aromatic rings. The second kappa shape index (κ2) is 6.38. The Morgan fingerprint density at radius 1 is 1.35 bits per heavy atom. The first-order valence-electron chi connectivity index (χ1n) is 4.94. The van der Waals surface area contributed by atoms with Gasteiger partial charge in [0.2, 0.25) is 5.91 Å². The monoisotopic (exact) mass is 238 g/mol. The van der Waals surface area contributed by atoms with Gasteiger partial charge in [0, 0.05) is 20.0 Å². The van der Waals surface area contributed by atoms with Crippen LogP contribution in [0.4, 0.5) is 5.82 Å². The quantitative estimate of drug-likeness (QED) is 0.371. The summed E-state index contributed by atoms with van der Waals surface area (Å²) in [5, 5.41) is 5.00. The molecule has 8 heteroatoms. The molecule has 1 aromatic heterocycles. The summed E-state index contributed by atoms with van der Waals surface area (Å²) in [6.07, 6.45) is 2.86. The molecule has 8 nitrogen and oxygen atoms in total.